The molecule has 0 aliphatic carbocycles. The number of ether oxygens (including phenoxy) is 1. The van der Waals surface area contributed by atoms with Crippen molar-refractivity contribution in [3.63, 3.8) is 0 Å². The Kier molecular flexibility index (Phi) is 5.34. The number of pyridine rings is 1. The number of methoxy groups -OCH3 is 1. The zero-order chi connectivity index (χ0) is 16.3. The third-order valence-corrected chi connectivity index (χ3v) is 3.77. The summed E-state index contributed by atoms with van der Waals surface area (Å²) in [5.74, 6) is 0.871. The first-order valence-corrected chi connectivity index (χ1v) is 7.25. The van der Waals surface area contributed by atoms with Crippen molar-refractivity contribution in [2.75, 3.05) is 12.5 Å². The number of hydrazone groups is 1. The second kappa shape index (κ2) is 7.05. The minimum Gasteiger partial charge on any atom is -0.507 e. The van der Waals surface area contributed by atoms with Crippen molar-refractivity contribution < 1.29 is 9.84 Å². The molecule has 1 heterocycles. The maximum Gasteiger partial charge on any atom is 0.166 e. The minimum absolute atomic E-state index is 0.0515. The van der Waals surface area contributed by atoms with Gasteiger partial charge in [-0.15, -0.1) is 0 Å². The molecule has 0 aliphatic heterocycles. The van der Waals surface area contributed by atoms with Gasteiger partial charge in [0.05, 0.1) is 22.9 Å². The quantitative estimate of drug-likeness (QED) is 0.475. The zero-order valence-electron chi connectivity index (χ0n) is 11.7. The van der Waals surface area contributed by atoms with E-state index in [1.807, 2.05) is 0 Å². The van der Waals surface area contributed by atoms with Crippen LogP contribution in [0.5, 0.6) is 11.5 Å². The van der Waals surface area contributed by atoms with Crippen molar-refractivity contribution in [2.45, 2.75) is 6.92 Å². The maximum atomic E-state index is 9.96. The van der Waals surface area contributed by atoms with Crippen LogP contribution in [0.2, 0.25) is 15.2 Å². The van der Waals surface area contributed by atoms with Crippen molar-refractivity contribution in [2.24, 2.45) is 5.10 Å². The molecule has 116 valence electrons. The smallest absolute Gasteiger partial charge is 0.166 e. The van der Waals surface area contributed by atoms with E-state index in [1.54, 1.807) is 19.1 Å². The molecule has 8 heteroatoms. The number of anilines is 1. The minimum atomic E-state index is 0.0515. The van der Waals surface area contributed by atoms with E-state index in [9.17, 15) is 5.11 Å². The van der Waals surface area contributed by atoms with Gasteiger partial charge in [0.2, 0.25) is 0 Å². The van der Waals surface area contributed by atoms with Gasteiger partial charge in [0.15, 0.2) is 5.82 Å². The lowest BCUT2D eigenvalue weighted by molar-refractivity contribution is 0.407. The predicted molar refractivity (Wildman–Crippen MR) is 89.8 cm³/mol. The molecule has 0 unspecified atom stereocenters. The zero-order valence-corrected chi connectivity index (χ0v) is 14.0. The fourth-order valence-electron chi connectivity index (χ4n) is 1.66. The van der Waals surface area contributed by atoms with Crippen LogP contribution in [-0.4, -0.2) is 22.9 Å². The van der Waals surface area contributed by atoms with Gasteiger partial charge in [0.25, 0.3) is 0 Å². The molecule has 0 amide bonds. The summed E-state index contributed by atoms with van der Waals surface area (Å²) in [6, 6.07) is 6.38. The summed E-state index contributed by atoms with van der Waals surface area (Å²) in [5, 5.41) is 14.7. The number of benzene rings is 1. The molecule has 2 aromatic rings. The number of halogens is 3. The summed E-state index contributed by atoms with van der Waals surface area (Å²) >= 11 is 17.6. The van der Waals surface area contributed by atoms with E-state index in [0.717, 1.165) is 0 Å². The Hall–Kier alpha value is -1.69. The first-order valence-electron chi connectivity index (χ1n) is 6.11. The van der Waals surface area contributed by atoms with Gasteiger partial charge in [-0.2, -0.15) is 5.10 Å². The SMILES string of the molecule is COc1ccc(/C(C)=N/Nc2nc(Cl)c(Cl)cc2Cl)c(O)c1. The van der Waals surface area contributed by atoms with E-state index in [2.05, 4.69) is 15.5 Å². The molecule has 2 N–H and O–H groups in total. The number of hydrogen-bond acceptors (Lipinski definition) is 5. The maximum absolute atomic E-state index is 9.96. The summed E-state index contributed by atoms with van der Waals surface area (Å²) in [5.41, 5.74) is 3.77. The number of phenolic OH excluding ortho intramolecular Hbond substituents is 1. The molecule has 1 aromatic heterocycles. The Labute approximate surface area is 142 Å². The van der Waals surface area contributed by atoms with Gasteiger partial charge in [-0.3, -0.25) is 5.43 Å². The number of hydrogen-bond donors (Lipinski definition) is 2. The lowest BCUT2D eigenvalue weighted by Crippen LogP contribution is -2.02. The van der Waals surface area contributed by atoms with E-state index < -0.39 is 0 Å². The van der Waals surface area contributed by atoms with Crippen molar-refractivity contribution in [3.05, 3.63) is 45.0 Å². The molecule has 0 saturated heterocycles. The summed E-state index contributed by atoms with van der Waals surface area (Å²) in [4.78, 5) is 3.99. The molecule has 22 heavy (non-hydrogen) atoms. The van der Waals surface area contributed by atoms with Gasteiger partial charge in [0.1, 0.15) is 16.7 Å². The molecule has 2 rings (SSSR count). The fraction of sp³-hybridized carbons (Fsp3) is 0.143. The standard InChI is InChI=1S/C14H12Cl3N3O2/c1-7(9-4-3-8(22-2)5-12(9)21)19-20-14-11(16)6-10(15)13(17)18-14/h3-6,21H,1-2H3,(H,18,20)/b19-7+. The molecule has 0 spiro atoms. The molecule has 0 aliphatic rings. The van der Waals surface area contributed by atoms with E-state index in [-0.39, 0.29) is 26.8 Å². The van der Waals surface area contributed by atoms with E-state index in [1.165, 1.54) is 19.2 Å². The normalized spacial score (nSPS) is 11.4. The van der Waals surface area contributed by atoms with Gasteiger partial charge < -0.3 is 9.84 Å². The van der Waals surface area contributed by atoms with Crippen LogP contribution >= 0.6 is 34.8 Å². The predicted octanol–water partition coefficient (Wildman–Crippen LogP) is 4.59. The average molecular weight is 361 g/mol. The van der Waals surface area contributed by atoms with Crippen molar-refractivity contribution in [3.8, 4) is 11.5 Å². The van der Waals surface area contributed by atoms with Gasteiger partial charge in [-0.05, 0) is 25.1 Å². The monoisotopic (exact) mass is 359 g/mol. The molecule has 0 atom stereocenters. The first-order chi connectivity index (χ1) is 10.4. The molecule has 0 fully saturated rings. The second-order valence-corrected chi connectivity index (χ2v) is 5.46. The first kappa shape index (κ1) is 16.7. The number of nitrogens with one attached hydrogen (secondary N) is 1. The lowest BCUT2D eigenvalue weighted by atomic mass is 10.1. The Balaban J connectivity index is 2.25. The van der Waals surface area contributed by atoms with Crippen LogP contribution in [0.15, 0.2) is 29.4 Å². The van der Waals surface area contributed by atoms with Crippen LogP contribution in [-0.2, 0) is 0 Å². The summed E-state index contributed by atoms with van der Waals surface area (Å²) in [6.45, 7) is 1.72. The number of aromatic hydroxyl groups is 1. The van der Waals surface area contributed by atoms with E-state index >= 15 is 0 Å². The van der Waals surface area contributed by atoms with Crippen molar-refractivity contribution >= 4 is 46.3 Å². The second-order valence-electron chi connectivity index (χ2n) is 4.28. The lowest BCUT2D eigenvalue weighted by Gasteiger charge is -2.08. The molecular weight excluding hydrogens is 349 g/mol. The van der Waals surface area contributed by atoms with Crippen LogP contribution in [0.1, 0.15) is 12.5 Å². The number of phenols is 1. The highest BCUT2D eigenvalue weighted by Gasteiger charge is 2.09. The Morgan fingerprint density at radius 2 is 1.95 bits per heavy atom. The summed E-state index contributed by atoms with van der Waals surface area (Å²) in [6.07, 6.45) is 0. The van der Waals surface area contributed by atoms with Crippen LogP contribution in [0.25, 0.3) is 0 Å². The van der Waals surface area contributed by atoms with Crippen LogP contribution in [0.3, 0.4) is 0 Å². The van der Waals surface area contributed by atoms with Gasteiger partial charge in [-0.1, -0.05) is 34.8 Å². The molecule has 0 saturated carbocycles. The topological polar surface area (TPSA) is 66.7 Å². The molecular formula is C14H12Cl3N3O2. The highest BCUT2D eigenvalue weighted by Crippen LogP contribution is 2.29. The molecule has 1 aromatic carbocycles. The molecule has 0 radical (unpaired) electrons. The Bertz CT molecular complexity index is 736. The average Bonchev–Trinajstić information content (AvgIpc) is 2.49. The van der Waals surface area contributed by atoms with Gasteiger partial charge >= 0.3 is 0 Å². The molecule has 5 nitrogen and oxygen atoms in total. The van der Waals surface area contributed by atoms with Gasteiger partial charge in [-0.25, -0.2) is 4.98 Å². The highest BCUT2D eigenvalue weighted by atomic mass is 35.5. The number of rotatable bonds is 4. The van der Waals surface area contributed by atoms with E-state index in [4.69, 9.17) is 39.5 Å². The highest BCUT2D eigenvalue weighted by molar-refractivity contribution is 6.42. The summed E-state index contributed by atoms with van der Waals surface area (Å²) in [7, 11) is 1.52. The van der Waals surface area contributed by atoms with Crippen LogP contribution in [0, 0.1) is 0 Å². The summed E-state index contributed by atoms with van der Waals surface area (Å²) < 4.78 is 5.03. The van der Waals surface area contributed by atoms with Crippen LogP contribution in [0.4, 0.5) is 5.82 Å². The Morgan fingerprint density at radius 3 is 2.59 bits per heavy atom. The largest absolute Gasteiger partial charge is 0.507 e. The van der Waals surface area contributed by atoms with Crippen molar-refractivity contribution in [1.29, 1.82) is 0 Å². The molecule has 0 bridgehead atoms. The van der Waals surface area contributed by atoms with Crippen LogP contribution < -0.4 is 10.2 Å². The third-order valence-electron chi connectivity index (χ3n) is 2.81. The fourth-order valence-corrected chi connectivity index (χ4v) is 2.20. The third kappa shape index (κ3) is 3.74. The van der Waals surface area contributed by atoms with Gasteiger partial charge in [0, 0.05) is 11.6 Å². The van der Waals surface area contributed by atoms with E-state index in [0.29, 0.717) is 17.0 Å². The number of aromatic nitrogens is 1. The Morgan fingerprint density at radius 1 is 1.23 bits per heavy atom. The van der Waals surface area contributed by atoms with Crippen molar-refractivity contribution in [1.82, 2.24) is 4.98 Å². The number of nitrogens with zero attached hydrogens (tertiary/aromatic N) is 2.